The van der Waals surface area contributed by atoms with Crippen molar-refractivity contribution in [2.75, 3.05) is 23.9 Å². The van der Waals surface area contributed by atoms with E-state index >= 15 is 0 Å². The highest BCUT2D eigenvalue weighted by atomic mass is 79.9. The minimum atomic E-state index is -2.89. The molecule has 0 bridgehead atoms. The molecule has 0 amide bonds. The van der Waals surface area contributed by atoms with Gasteiger partial charge in [0.15, 0.2) is 0 Å². The molecule has 0 unspecified atom stereocenters. The maximum atomic E-state index is 10.9. The third kappa shape index (κ3) is 4.22. The molecular formula is C10H14BrNO2S. The van der Waals surface area contributed by atoms with E-state index in [9.17, 15) is 8.42 Å². The SMILES string of the molecule is Cc1c(Br)cccc1NCCS(C)(=O)=O. The van der Waals surface area contributed by atoms with E-state index in [2.05, 4.69) is 21.2 Å². The number of rotatable bonds is 4. The van der Waals surface area contributed by atoms with Gasteiger partial charge in [-0.05, 0) is 24.6 Å². The molecule has 84 valence electrons. The number of sulfone groups is 1. The fraction of sp³-hybridized carbons (Fsp3) is 0.400. The fourth-order valence-electron chi connectivity index (χ4n) is 1.17. The summed E-state index contributed by atoms with van der Waals surface area (Å²) >= 11 is 3.42. The van der Waals surface area contributed by atoms with Crippen molar-refractivity contribution < 1.29 is 8.42 Å². The predicted octanol–water partition coefficient (Wildman–Crippen LogP) is 2.21. The van der Waals surface area contributed by atoms with Gasteiger partial charge in [0.2, 0.25) is 0 Å². The summed E-state index contributed by atoms with van der Waals surface area (Å²) in [6.07, 6.45) is 1.24. The van der Waals surface area contributed by atoms with Crippen molar-refractivity contribution in [3.05, 3.63) is 28.2 Å². The summed E-state index contributed by atoms with van der Waals surface area (Å²) < 4.78 is 22.9. The van der Waals surface area contributed by atoms with Crippen LogP contribution in [-0.4, -0.2) is 27.0 Å². The first kappa shape index (κ1) is 12.5. The van der Waals surface area contributed by atoms with Gasteiger partial charge in [-0.2, -0.15) is 0 Å². The first-order chi connectivity index (χ1) is 6.90. The number of halogens is 1. The summed E-state index contributed by atoms with van der Waals surface area (Å²) in [6.45, 7) is 2.42. The molecule has 0 saturated carbocycles. The smallest absolute Gasteiger partial charge is 0.149 e. The average Bonchev–Trinajstić information content (AvgIpc) is 2.10. The summed E-state index contributed by atoms with van der Waals surface area (Å²) in [7, 11) is -2.89. The zero-order chi connectivity index (χ0) is 11.5. The van der Waals surface area contributed by atoms with Gasteiger partial charge in [0.05, 0.1) is 5.75 Å². The van der Waals surface area contributed by atoms with Gasteiger partial charge < -0.3 is 5.32 Å². The van der Waals surface area contributed by atoms with Gasteiger partial charge >= 0.3 is 0 Å². The minimum absolute atomic E-state index is 0.152. The Morgan fingerprint density at radius 1 is 1.40 bits per heavy atom. The molecule has 0 aliphatic heterocycles. The van der Waals surface area contributed by atoms with Crippen molar-refractivity contribution in [1.82, 2.24) is 0 Å². The molecule has 1 rings (SSSR count). The second-order valence-electron chi connectivity index (χ2n) is 3.47. The van der Waals surface area contributed by atoms with Crippen LogP contribution in [0.3, 0.4) is 0 Å². The van der Waals surface area contributed by atoms with Crippen molar-refractivity contribution in [3.63, 3.8) is 0 Å². The Morgan fingerprint density at radius 3 is 2.67 bits per heavy atom. The lowest BCUT2D eigenvalue weighted by Crippen LogP contribution is -2.14. The first-order valence-electron chi connectivity index (χ1n) is 4.57. The molecule has 3 nitrogen and oxygen atoms in total. The number of anilines is 1. The molecule has 1 aromatic carbocycles. The Hall–Kier alpha value is -0.550. The van der Waals surface area contributed by atoms with Crippen molar-refractivity contribution in [2.24, 2.45) is 0 Å². The van der Waals surface area contributed by atoms with E-state index in [1.165, 1.54) is 6.26 Å². The Balaban J connectivity index is 2.62. The predicted molar refractivity (Wildman–Crippen MR) is 67.1 cm³/mol. The van der Waals surface area contributed by atoms with E-state index in [4.69, 9.17) is 0 Å². The molecule has 0 fully saturated rings. The van der Waals surface area contributed by atoms with Crippen molar-refractivity contribution >= 4 is 31.5 Å². The molecule has 0 aliphatic rings. The van der Waals surface area contributed by atoms with Crippen LogP contribution < -0.4 is 5.32 Å². The van der Waals surface area contributed by atoms with Crippen molar-refractivity contribution in [1.29, 1.82) is 0 Å². The second-order valence-corrected chi connectivity index (χ2v) is 6.58. The van der Waals surface area contributed by atoms with Crippen LogP contribution in [0.15, 0.2) is 22.7 Å². The van der Waals surface area contributed by atoms with E-state index < -0.39 is 9.84 Å². The lowest BCUT2D eigenvalue weighted by atomic mass is 10.2. The fourth-order valence-corrected chi connectivity index (χ4v) is 2.01. The molecule has 0 aliphatic carbocycles. The molecular weight excluding hydrogens is 278 g/mol. The van der Waals surface area contributed by atoms with Gasteiger partial charge in [0, 0.05) is 23.0 Å². The Labute approximate surface area is 98.9 Å². The van der Waals surface area contributed by atoms with Gasteiger partial charge in [-0.3, -0.25) is 0 Å². The van der Waals surface area contributed by atoms with E-state index in [0.29, 0.717) is 6.54 Å². The van der Waals surface area contributed by atoms with Gasteiger partial charge in [-0.25, -0.2) is 8.42 Å². The lowest BCUT2D eigenvalue weighted by Gasteiger charge is -2.09. The Morgan fingerprint density at radius 2 is 2.07 bits per heavy atom. The van der Waals surface area contributed by atoms with Crippen LogP contribution in [0.2, 0.25) is 0 Å². The maximum absolute atomic E-state index is 10.9. The molecule has 5 heteroatoms. The van der Waals surface area contributed by atoms with Crippen LogP contribution in [0.1, 0.15) is 5.56 Å². The monoisotopic (exact) mass is 291 g/mol. The number of benzene rings is 1. The summed E-state index contributed by atoms with van der Waals surface area (Å²) in [6, 6.07) is 5.80. The normalized spacial score (nSPS) is 11.4. The van der Waals surface area contributed by atoms with Crippen LogP contribution in [0.4, 0.5) is 5.69 Å². The molecule has 0 spiro atoms. The molecule has 0 aromatic heterocycles. The zero-order valence-electron chi connectivity index (χ0n) is 8.75. The van der Waals surface area contributed by atoms with Crippen LogP contribution >= 0.6 is 15.9 Å². The first-order valence-corrected chi connectivity index (χ1v) is 7.42. The summed E-state index contributed by atoms with van der Waals surface area (Å²) in [5.74, 6) is 0.152. The van der Waals surface area contributed by atoms with E-state index in [0.717, 1.165) is 15.7 Å². The number of nitrogens with one attached hydrogen (secondary N) is 1. The third-order valence-corrected chi connectivity index (χ3v) is 3.86. The van der Waals surface area contributed by atoms with Gasteiger partial charge in [-0.1, -0.05) is 22.0 Å². The van der Waals surface area contributed by atoms with Gasteiger partial charge in [0.25, 0.3) is 0 Å². The quantitative estimate of drug-likeness (QED) is 0.925. The van der Waals surface area contributed by atoms with Crippen LogP contribution in [-0.2, 0) is 9.84 Å². The summed E-state index contributed by atoms with van der Waals surface area (Å²) in [4.78, 5) is 0. The standard InChI is InChI=1S/C10H14BrNO2S/c1-8-9(11)4-3-5-10(8)12-6-7-15(2,13)14/h3-5,12H,6-7H2,1-2H3. The second kappa shape index (κ2) is 4.99. The van der Waals surface area contributed by atoms with Crippen molar-refractivity contribution in [2.45, 2.75) is 6.92 Å². The van der Waals surface area contributed by atoms with Gasteiger partial charge in [0.1, 0.15) is 9.84 Å². The highest BCUT2D eigenvalue weighted by Gasteiger charge is 2.03. The molecule has 0 atom stereocenters. The summed E-state index contributed by atoms with van der Waals surface area (Å²) in [5, 5.41) is 3.10. The van der Waals surface area contributed by atoms with E-state index in [-0.39, 0.29) is 5.75 Å². The molecule has 1 N–H and O–H groups in total. The number of hydrogen-bond donors (Lipinski definition) is 1. The Bertz CT molecular complexity index is 443. The molecule has 1 aromatic rings. The summed E-state index contributed by atoms with van der Waals surface area (Å²) in [5.41, 5.74) is 2.05. The average molecular weight is 292 g/mol. The van der Waals surface area contributed by atoms with Crippen LogP contribution in [0, 0.1) is 6.92 Å². The van der Waals surface area contributed by atoms with Crippen molar-refractivity contribution in [3.8, 4) is 0 Å². The maximum Gasteiger partial charge on any atom is 0.149 e. The third-order valence-electron chi connectivity index (χ3n) is 2.06. The highest BCUT2D eigenvalue weighted by molar-refractivity contribution is 9.10. The minimum Gasteiger partial charge on any atom is -0.384 e. The van der Waals surface area contributed by atoms with Crippen LogP contribution in [0.25, 0.3) is 0 Å². The molecule has 15 heavy (non-hydrogen) atoms. The zero-order valence-corrected chi connectivity index (χ0v) is 11.2. The number of hydrogen-bond acceptors (Lipinski definition) is 3. The van der Waals surface area contributed by atoms with Crippen LogP contribution in [0.5, 0.6) is 0 Å². The van der Waals surface area contributed by atoms with Gasteiger partial charge in [-0.15, -0.1) is 0 Å². The van der Waals surface area contributed by atoms with E-state index in [1.54, 1.807) is 0 Å². The molecule has 0 saturated heterocycles. The largest absolute Gasteiger partial charge is 0.384 e. The topological polar surface area (TPSA) is 46.2 Å². The molecule has 0 heterocycles. The molecule has 0 radical (unpaired) electrons. The Kier molecular flexibility index (Phi) is 4.16. The van der Waals surface area contributed by atoms with E-state index in [1.807, 2.05) is 25.1 Å². The lowest BCUT2D eigenvalue weighted by molar-refractivity contribution is 0.602. The highest BCUT2D eigenvalue weighted by Crippen LogP contribution is 2.23.